The van der Waals surface area contributed by atoms with Crippen LogP contribution >= 0.6 is 34.5 Å². The van der Waals surface area contributed by atoms with Crippen LogP contribution in [0, 0.1) is 19.7 Å². The van der Waals surface area contributed by atoms with Gasteiger partial charge in [-0.2, -0.15) is 0 Å². The molecule has 378 valence electrons. The smallest absolute Gasteiger partial charge is 0.415 e. The number of carboxylic acids is 1. The number of likely N-dealkylation sites (N-methyl/N-ethyl adjacent to an activating group) is 1. The summed E-state index contributed by atoms with van der Waals surface area (Å²) in [6.07, 6.45) is 0.262. The van der Waals surface area contributed by atoms with Gasteiger partial charge < -0.3 is 43.3 Å². The van der Waals surface area contributed by atoms with Gasteiger partial charge in [0.15, 0.2) is 11.6 Å². The second kappa shape index (κ2) is 21.8. The molecule has 16 nitrogen and oxygen atoms in total. The molecular weight excluding hydrogens is 1000 g/mol. The van der Waals surface area contributed by atoms with E-state index in [1.807, 2.05) is 13.8 Å². The molecule has 0 aliphatic carbocycles. The van der Waals surface area contributed by atoms with E-state index in [0.717, 1.165) is 26.2 Å². The first-order valence-corrected chi connectivity index (χ1v) is 25.3. The summed E-state index contributed by atoms with van der Waals surface area (Å²) >= 11 is 16.0. The molecule has 3 aromatic heterocycles. The molecule has 0 unspecified atom stereocenters. The Labute approximate surface area is 434 Å². The molecule has 0 spiro atoms. The maximum atomic E-state index is 14.4. The third-order valence-electron chi connectivity index (χ3n) is 13.0. The number of carbonyl (C=O) groups excluding carboxylic acids is 1. The van der Waals surface area contributed by atoms with Crippen molar-refractivity contribution in [3.05, 3.63) is 124 Å². The van der Waals surface area contributed by atoms with Crippen molar-refractivity contribution in [1.82, 2.24) is 34.6 Å². The minimum absolute atomic E-state index is 0.00613. The summed E-state index contributed by atoms with van der Waals surface area (Å²) in [7, 11) is 2.09. The standard InChI is InChI=1S/C53H50Cl2FN7O9S/c1-30-42-31(2)46(55)47(45(30)54)70-39(26-62-18-16-61(3)17-19-62)28-68-38-12-13-40(69-27-36-14-15-57-49(60-36)33-6-10-37(11-7-33)71-53(66)63-20-22-67-23-21-63)34(24-38)25-41(52(64)65)72-50-44-43(42)48(73-51(44)59-29-58-50)32-4-8-35(56)9-5-32/h4-15,24,29,39,41H,16-23,25-28H2,1-3H3,(H,64,65)/t39-,41-/m1/s1. The van der Waals surface area contributed by atoms with Gasteiger partial charge in [-0.1, -0.05) is 35.3 Å². The summed E-state index contributed by atoms with van der Waals surface area (Å²) < 4.78 is 51.6. The van der Waals surface area contributed by atoms with Crippen molar-refractivity contribution in [1.29, 1.82) is 0 Å². The number of amides is 1. The highest BCUT2D eigenvalue weighted by molar-refractivity contribution is 7.22. The Hall–Kier alpha value is -6.67. The number of carboxylic acid groups (broad SMARTS) is 1. The molecule has 0 radical (unpaired) electrons. The highest BCUT2D eigenvalue weighted by Gasteiger charge is 2.32. The molecule has 11 rings (SSSR count). The molecule has 1 amide bonds. The molecule has 7 aromatic rings. The number of fused-ring (bicyclic) bond motifs is 7. The molecule has 4 aliphatic heterocycles. The third-order valence-corrected chi connectivity index (χ3v) is 15.1. The van der Waals surface area contributed by atoms with Crippen LogP contribution in [0.3, 0.4) is 0 Å². The molecule has 4 bridgehead atoms. The van der Waals surface area contributed by atoms with E-state index in [1.165, 1.54) is 29.8 Å². The van der Waals surface area contributed by atoms with E-state index >= 15 is 0 Å². The van der Waals surface area contributed by atoms with Crippen molar-refractivity contribution < 1.29 is 47.5 Å². The van der Waals surface area contributed by atoms with Crippen LogP contribution in [0.15, 0.2) is 85.3 Å². The number of ether oxygens (including phenoxy) is 6. The second-order valence-electron chi connectivity index (χ2n) is 18.0. The molecule has 2 saturated heterocycles. The van der Waals surface area contributed by atoms with Crippen molar-refractivity contribution >= 4 is 56.8 Å². The van der Waals surface area contributed by atoms with Gasteiger partial charge in [0.05, 0.1) is 34.3 Å². The molecule has 2 fully saturated rings. The number of rotatable bonds is 9. The summed E-state index contributed by atoms with van der Waals surface area (Å²) in [5, 5.41) is 11.9. The number of hydrogen-bond acceptors (Lipinski definition) is 15. The number of aromatic nitrogens is 4. The minimum atomic E-state index is -1.50. The van der Waals surface area contributed by atoms with E-state index in [9.17, 15) is 19.1 Å². The first-order valence-electron chi connectivity index (χ1n) is 23.7. The monoisotopic (exact) mass is 1050 g/mol. The third kappa shape index (κ3) is 11.0. The Bertz CT molecular complexity index is 3140. The van der Waals surface area contributed by atoms with Crippen LogP contribution in [0.2, 0.25) is 10.0 Å². The lowest BCUT2D eigenvalue weighted by molar-refractivity contribution is -0.145. The largest absolute Gasteiger partial charge is 0.490 e. The predicted molar refractivity (Wildman–Crippen MR) is 274 cm³/mol. The molecule has 73 heavy (non-hydrogen) atoms. The average Bonchev–Trinajstić information content (AvgIpc) is 3.79. The fourth-order valence-corrected chi connectivity index (χ4v) is 10.7. The van der Waals surface area contributed by atoms with Crippen LogP contribution in [0.1, 0.15) is 22.4 Å². The summed E-state index contributed by atoms with van der Waals surface area (Å²) in [6, 6.07) is 19.9. The van der Waals surface area contributed by atoms with Gasteiger partial charge in [0.1, 0.15) is 53.5 Å². The molecule has 7 heterocycles. The number of nitrogens with zero attached hydrogens (tertiary/aromatic N) is 7. The van der Waals surface area contributed by atoms with E-state index < -0.39 is 30.1 Å². The van der Waals surface area contributed by atoms with Gasteiger partial charge in [0.2, 0.25) is 12.0 Å². The van der Waals surface area contributed by atoms with E-state index in [4.69, 9.17) is 56.6 Å². The van der Waals surface area contributed by atoms with E-state index in [-0.39, 0.29) is 35.6 Å². The summed E-state index contributed by atoms with van der Waals surface area (Å²) in [5.74, 6) is 0.232. The summed E-state index contributed by atoms with van der Waals surface area (Å²) in [5.41, 5.74) is 4.89. The zero-order valence-electron chi connectivity index (χ0n) is 40.1. The number of thiophene rings is 1. The van der Waals surface area contributed by atoms with Crippen molar-refractivity contribution in [2.24, 2.45) is 0 Å². The minimum Gasteiger partial charge on any atom is -0.490 e. The second-order valence-corrected chi connectivity index (χ2v) is 19.7. The van der Waals surface area contributed by atoms with Gasteiger partial charge in [-0.25, -0.2) is 33.9 Å². The lowest BCUT2D eigenvalue weighted by Gasteiger charge is -2.35. The highest BCUT2D eigenvalue weighted by atomic mass is 35.5. The first-order chi connectivity index (χ1) is 35.4. The first kappa shape index (κ1) is 49.9. The fraction of sp³-hybridized carbons (Fsp3) is 0.321. The topological polar surface area (TPSA) is 171 Å². The predicted octanol–water partition coefficient (Wildman–Crippen LogP) is 9.42. The Morgan fingerprint density at radius 3 is 2.32 bits per heavy atom. The van der Waals surface area contributed by atoms with Crippen LogP contribution in [0.5, 0.6) is 28.9 Å². The average molecular weight is 1050 g/mol. The number of hydrogen-bond donors (Lipinski definition) is 1. The number of carbonyl (C=O) groups is 2. The maximum absolute atomic E-state index is 14.4. The molecule has 1 N–H and O–H groups in total. The summed E-state index contributed by atoms with van der Waals surface area (Å²) in [4.78, 5) is 51.8. The molecule has 2 atom stereocenters. The fourth-order valence-electron chi connectivity index (χ4n) is 9.06. The van der Waals surface area contributed by atoms with Crippen LogP contribution in [0.25, 0.3) is 43.2 Å². The maximum Gasteiger partial charge on any atom is 0.415 e. The Kier molecular flexibility index (Phi) is 14.9. The molecule has 4 aliphatic rings. The number of benzene rings is 4. The van der Waals surface area contributed by atoms with Crippen molar-refractivity contribution in [2.75, 3.05) is 72.7 Å². The van der Waals surface area contributed by atoms with Gasteiger partial charge >= 0.3 is 12.1 Å². The highest BCUT2D eigenvalue weighted by Crippen LogP contribution is 2.53. The zero-order chi connectivity index (χ0) is 50.8. The Balaban J connectivity index is 1.01. The normalized spacial score (nSPS) is 17.6. The van der Waals surface area contributed by atoms with Gasteiger partial charge in [0, 0.05) is 80.0 Å². The Morgan fingerprint density at radius 1 is 0.863 bits per heavy atom. The van der Waals surface area contributed by atoms with Gasteiger partial charge in [0.25, 0.3) is 0 Å². The molecule has 20 heteroatoms. The molecule has 4 aromatic carbocycles. The quantitative estimate of drug-likeness (QED) is 0.145. The molecular formula is C53H50Cl2FN7O9S. The lowest BCUT2D eigenvalue weighted by Crippen LogP contribution is -2.49. The van der Waals surface area contributed by atoms with E-state index in [1.54, 1.807) is 71.8 Å². The van der Waals surface area contributed by atoms with Crippen LogP contribution in [-0.2, 0) is 22.6 Å². The lowest BCUT2D eigenvalue weighted by atomic mass is 9.92. The van der Waals surface area contributed by atoms with Crippen LogP contribution < -0.4 is 23.7 Å². The van der Waals surface area contributed by atoms with Crippen molar-refractivity contribution in [3.63, 3.8) is 0 Å². The number of piperazine rings is 1. The van der Waals surface area contributed by atoms with Crippen LogP contribution in [-0.4, -0.2) is 137 Å². The number of morpholine rings is 1. The van der Waals surface area contributed by atoms with Crippen molar-refractivity contribution in [2.45, 2.75) is 39.1 Å². The number of halogens is 3. The van der Waals surface area contributed by atoms with Gasteiger partial charge in [-0.15, -0.1) is 11.3 Å². The number of aliphatic carboxylic acids is 1. The van der Waals surface area contributed by atoms with E-state index in [0.29, 0.717) is 121 Å². The van der Waals surface area contributed by atoms with Gasteiger partial charge in [-0.05, 0) is 104 Å². The zero-order valence-corrected chi connectivity index (χ0v) is 42.4. The van der Waals surface area contributed by atoms with E-state index in [2.05, 4.69) is 31.8 Å². The summed E-state index contributed by atoms with van der Waals surface area (Å²) in [6.45, 7) is 9.57. The van der Waals surface area contributed by atoms with Crippen LogP contribution in [0.4, 0.5) is 9.18 Å². The SMILES string of the molecule is Cc1c(Cl)c2c(Cl)c(C)c1-c1c(-c3ccc(F)cc3)sc3ncnc(c13)O[C@@H](C(=O)O)Cc1cc(ccc1OCc1ccnc(-c3ccc(OC(=O)N4CCOCC4)cc3)n1)OC[C@@H](CN1CCN(C)CC1)O2. The van der Waals surface area contributed by atoms with Gasteiger partial charge in [-0.3, -0.25) is 4.90 Å². The Morgan fingerprint density at radius 2 is 1.59 bits per heavy atom. The van der Waals surface area contributed by atoms with Crippen molar-refractivity contribution in [3.8, 4) is 61.8 Å². The molecule has 0 saturated carbocycles.